The van der Waals surface area contributed by atoms with Crippen LogP contribution >= 0.6 is 0 Å². The summed E-state index contributed by atoms with van der Waals surface area (Å²) >= 11 is 0. The van der Waals surface area contributed by atoms with Gasteiger partial charge in [-0.15, -0.1) is 0 Å². The Hall–Kier alpha value is -0.610. The van der Waals surface area contributed by atoms with Gasteiger partial charge in [-0.3, -0.25) is 4.79 Å². The first-order valence-electron chi connectivity index (χ1n) is 28.7. The molecule has 0 saturated heterocycles. The third kappa shape index (κ3) is 50.3. The van der Waals surface area contributed by atoms with Crippen molar-refractivity contribution < 1.29 is 15.0 Å². The average Bonchev–Trinajstić information content (AvgIpc) is 3.26. The lowest BCUT2D eigenvalue weighted by molar-refractivity contribution is -0.123. The van der Waals surface area contributed by atoms with Crippen molar-refractivity contribution >= 4 is 5.91 Å². The number of rotatable bonds is 54. The third-order valence-corrected chi connectivity index (χ3v) is 13.9. The average molecular weight is 863 g/mol. The standard InChI is InChI=1S/C57H115NO3/c1-3-5-7-9-11-13-15-17-19-21-23-25-27-28-29-31-33-35-37-39-41-43-45-47-49-51-53-57(61)58-55(54-59)56(60)52-50-48-46-44-42-40-38-36-34-32-30-26-24-22-20-18-16-14-12-10-8-6-4-2/h55-56,59-60H,3-54H2,1-2H3,(H,58,61). The van der Waals surface area contributed by atoms with Gasteiger partial charge in [0.1, 0.15) is 0 Å². The fourth-order valence-electron chi connectivity index (χ4n) is 9.48. The summed E-state index contributed by atoms with van der Waals surface area (Å²) in [4.78, 5) is 12.5. The number of nitrogens with one attached hydrogen (secondary N) is 1. The van der Waals surface area contributed by atoms with Crippen LogP contribution < -0.4 is 5.32 Å². The Morgan fingerprint density at radius 3 is 0.738 bits per heavy atom. The molecular formula is C57H115NO3. The molecule has 0 saturated carbocycles. The minimum Gasteiger partial charge on any atom is -0.394 e. The predicted octanol–water partition coefficient (Wildman–Crippen LogP) is 18.8. The van der Waals surface area contributed by atoms with E-state index in [2.05, 4.69) is 19.2 Å². The first kappa shape index (κ1) is 60.4. The zero-order chi connectivity index (χ0) is 44.2. The molecule has 0 aromatic heterocycles. The summed E-state index contributed by atoms with van der Waals surface area (Å²) in [5.41, 5.74) is 0. The highest BCUT2D eigenvalue weighted by molar-refractivity contribution is 5.76. The minimum atomic E-state index is -0.655. The normalized spacial score (nSPS) is 12.7. The van der Waals surface area contributed by atoms with Gasteiger partial charge in [0.15, 0.2) is 0 Å². The first-order chi connectivity index (χ1) is 30.2. The predicted molar refractivity (Wildman–Crippen MR) is 272 cm³/mol. The minimum absolute atomic E-state index is 0.0215. The number of aliphatic hydroxyl groups excluding tert-OH is 2. The van der Waals surface area contributed by atoms with Gasteiger partial charge in [-0.1, -0.05) is 322 Å². The summed E-state index contributed by atoms with van der Waals surface area (Å²) in [6, 6.07) is -0.531. The Bertz CT molecular complexity index is 803. The molecule has 0 aliphatic carbocycles. The van der Waals surface area contributed by atoms with E-state index in [1.807, 2.05) is 0 Å². The Balaban J connectivity index is 3.40. The Kier molecular flexibility index (Phi) is 53.2. The smallest absolute Gasteiger partial charge is 0.220 e. The molecule has 2 atom stereocenters. The fourth-order valence-corrected chi connectivity index (χ4v) is 9.48. The maximum Gasteiger partial charge on any atom is 0.220 e. The van der Waals surface area contributed by atoms with Crippen LogP contribution in [0.3, 0.4) is 0 Å². The molecule has 0 rings (SSSR count). The SMILES string of the molecule is CCCCCCCCCCCCCCCCCCCCCCCCCCCCC(=O)NC(CO)C(O)CCCCCCCCCCCCCCCCCCCCCCCCC. The van der Waals surface area contributed by atoms with Gasteiger partial charge in [0.25, 0.3) is 0 Å². The van der Waals surface area contributed by atoms with Gasteiger partial charge in [-0.05, 0) is 12.8 Å². The van der Waals surface area contributed by atoms with Crippen LogP contribution in [0.15, 0.2) is 0 Å². The molecule has 366 valence electrons. The molecule has 4 heteroatoms. The Morgan fingerprint density at radius 2 is 0.525 bits per heavy atom. The first-order valence-corrected chi connectivity index (χ1v) is 28.7. The molecule has 3 N–H and O–H groups in total. The van der Waals surface area contributed by atoms with E-state index in [9.17, 15) is 15.0 Å². The third-order valence-electron chi connectivity index (χ3n) is 13.9. The summed E-state index contributed by atoms with van der Waals surface area (Å²) in [5.74, 6) is -0.0215. The number of carbonyl (C=O) groups is 1. The van der Waals surface area contributed by atoms with E-state index in [1.54, 1.807) is 0 Å². The van der Waals surface area contributed by atoms with Crippen molar-refractivity contribution in [2.24, 2.45) is 0 Å². The van der Waals surface area contributed by atoms with Crippen LogP contribution in [0.25, 0.3) is 0 Å². The zero-order valence-corrected chi connectivity index (χ0v) is 42.2. The molecule has 0 aliphatic rings. The molecular weight excluding hydrogens is 747 g/mol. The van der Waals surface area contributed by atoms with Crippen molar-refractivity contribution in [3.8, 4) is 0 Å². The van der Waals surface area contributed by atoms with Crippen LogP contribution in [0.1, 0.15) is 341 Å². The van der Waals surface area contributed by atoms with Gasteiger partial charge < -0.3 is 15.5 Å². The molecule has 0 aromatic carbocycles. The second-order valence-electron chi connectivity index (χ2n) is 20.1. The largest absolute Gasteiger partial charge is 0.394 e. The number of carbonyl (C=O) groups excluding carboxylic acids is 1. The Labute approximate surface area is 384 Å². The van der Waals surface area contributed by atoms with Crippen LogP contribution in [0.2, 0.25) is 0 Å². The van der Waals surface area contributed by atoms with Crippen molar-refractivity contribution in [3.05, 3.63) is 0 Å². The summed E-state index contributed by atoms with van der Waals surface area (Å²) in [5, 5.41) is 23.4. The maximum absolute atomic E-state index is 12.5. The molecule has 0 fully saturated rings. The zero-order valence-electron chi connectivity index (χ0n) is 42.2. The van der Waals surface area contributed by atoms with Crippen LogP contribution in [0, 0.1) is 0 Å². The lowest BCUT2D eigenvalue weighted by atomic mass is 10.0. The van der Waals surface area contributed by atoms with Crippen LogP contribution in [-0.2, 0) is 4.79 Å². The number of unbranched alkanes of at least 4 members (excludes halogenated alkanes) is 47. The number of amides is 1. The number of hydrogen-bond acceptors (Lipinski definition) is 3. The summed E-state index contributed by atoms with van der Waals surface area (Å²) < 4.78 is 0. The van der Waals surface area contributed by atoms with Gasteiger partial charge in [-0.25, -0.2) is 0 Å². The van der Waals surface area contributed by atoms with E-state index in [4.69, 9.17) is 0 Å². The molecule has 4 nitrogen and oxygen atoms in total. The van der Waals surface area contributed by atoms with Crippen molar-refractivity contribution in [2.75, 3.05) is 6.61 Å². The summed E-state index contributed by atoms with van der Waals surface area (Å²) in [6.07, 6.45) is 68.1. The van der Waals surface area contributed by atoms with Crippen molar-refractivity contribution in [3.63, 3.8) is 0 Å². The van der Waals surface area contributed by atoms with E-state index in [-0.39, 0.29) is 12.5 Å². The second kappa shape index (κ2) is 53.7. The molecule has 1 amide bonds. The fraction of sp³-hybridized carbons (Fsp3) is 0.982. The van der Waals surface area contributed by atoms with E-state index >= 15 is 0 Å². The topological polar surface area (TPSA) is 69.6 Å². The van der Waals surface area contributed by atoms with Gasteiger partial charge in [0.2, 0.25) is 5.91 Å². The summed E-state index contributed by atoms with van der Waals surface area (Å²) in [7, 11) is 0. The monoisotopic (exact) mass is 862 g/mol. The van der Waals surface area contributed by atoms with Gasteiger partial charge in [0, 0.05) is 6.42 Å². The van der Waals surface area contributed by atoms with Crippen LogP contribution in [-0.4, -0.2) is 34.9 Å². The van der Waals surface area contributed by atoms with Crippen molar-refractivity contribution in [1.29, 1.82) is 0 Å². The van der Waals surface area contributed by atoms with E-state index in [0.29, 0.717) is 12.8 Å². The van der Waals surface area contributed by atoms with E-state index in [1.165, 1.54) is 289 Å². The van der Waals surface area contributed by atoms with Crippen LogP contribution in [0.5, 0.6) is 0 Å². The van der Waals surface area contributed by atoms with Crippen molar-refractivity contribution in [1.82, 2.24) is 5.32 Å². The lowest BCUT2D eigenvalue weighted by Crippen LogP contribution is -2.45. The molecule has 0 aromatic rings. The number of aliphatic hydroxyl groups is 2. The van der Waals surface area contributed by atoms with E-state index < -0.39 is 12.1 Å². The summed E-state index contributed by atoms with van der Waals surface area (Å²) in [6.45, 7) is 4.41. The highest BCUT2D eigenvalue weighted by atomic mass is 16.3. The molecule has 0 bridgehead atoms. The molecule has 0 heterocycles. The van der Waals surface area contributed by atoms with E-state index in [0.717, 1.165) is 25.7 Å². The highest BCUT2D eigenvalue weighted by Crippen LogP contribution is 2.19. The molecule has 2 unspecified atom stereocenters. The molecule has 0 radical (unpaired) electrons. The van der Waals surface area contributed by atoms with Gasteiger partial charge in [-0.2, -0.15) is 0 Å². The molecule has 0 spiro atoms. The Morgan fingerprint density at radius 1 is 0.328 bits per heavy atom. The second-order valence-corrected chi connectivity index (χ2v) is 20.1. The van der Waals surface area contributed by atoms with Gasteiger partial charge >= 0.3 is 0 Å². The van der Waals surface area contributed by atoms with Gasteiger partial charge in [0.05, 0.1) is 18.8 Å². The van der Waals surface area contributed by atoms with Crippen LogP contribution in [0.4, 0.5) is 0 Å². The van der Waals surface area contributed by atoms with Crippen molar-refractivity contribution in [2.45, 2.75) is 353 Å². The maximum atomic E-state index is 12.5. The molecule has 61 heavy (non-hydrogen) atoms. The lowest BCUT2D eigenvalue weighted by Gasteiger charge is -2.22. The highest BCUT2D eigenvalue weighted by Gasteiger charge is 2.20. The molecule has 0 aliphatic heterocycles. The quantitative estimate of drug-likeness (QED) is 0.0534. The number of hydrogen-bond donors (Lipinski definition) is 3.